The number of amides is 1. The van der Waals surface area contributed by atoms with Crippen LogP contribution in [0.5, 0.6) is 0 Å². The number of aromatic nitrogens is 2. The molecule has 1 heterocycles. The molecule has 1 atom stereocenters. The standard InChI is InChI=1S/C13H20ClN3O/c1-3-10-7-12(17(4-2)16-10)13(18)15-8-11(14)9-5-6-9/h7,9,11H,3-6,8H2,1-2H3,(H,15,18). The molecule has 18 heavy (non-hydrogen) atoms. The van der Waals surface area contributed by atoms with Crippen molar-refractivity contribution in [2.75, 3.05) is 6.54 Å². The number of nitrogens with one attached hydrogen (secondary N) is 1. The molecule has 100 valence electrons. The number of halogens is 1. The highest BCUT2D eigenvalue weighted by Crippen LogP contribution is 2.35. The van der Waals surface area contributed by atoms with E-state index in [0.29, 0.717) is 24.7 Å². The van der Waals surface area contributed by atoms with Crippen LogP contribution in [0.3, 0.4) is 0 Å². The van der Waals surface area contributed by atoms with Crippen molar-refractivity contribution in [2.45, 2.75) is 45.0 Å². The maximum Gasteiger partial charge on any atom is 0.269 e. The van der Waals surface area contributed by atoms with Crippen LogP contribution < -0.4 is 5.32 Å². The smallest absolute Gasteiger partial charge is 0.269 e. The van der Waals surface area contributed by atoms with Gasteiger partial charge in [0, 0.05) is 13.1 Å². The molecule has 2 rings (SSSR count). The molecule has 0 spiro atoms. The number of alkyl halides is 1. The Kier molecular flexibility index (Phi) is 4.27. The van der Waals surface area contributed by atoms with Crippen molar-refractivity contribution < 1.29 is 4.79 Å². The lowest BCUT2D eigenvalue weighted by atomic mass is 10.2. The minimum Gasteiger partial charge on any atom is -0.349 e. The molecule has 1 unspecified atom stereocenters. The average molecular weight is 270 g/mol. The lowest BCUT2D eigenvalue weighted by molar-refractivity contribution is 0.0942. The van der Waals surface area contributed by atoms with Crippen LogP contribution in [0.4, 0.5) is 0 Å². The molecule has 0 saturated heterocycles. The van der Waals surface area contributed by atoms with Crippen LogP contribution in [0.2, 0.25) is 0 Å². The first kappa shape index (κ1) is 13.4. The largest absolute Gasteiger partial charge is 0.349 e. The number of aryl methyl sites for hydroxylation is 2. The van der Waals surface area contributed by atoms with Crippen LogP contribution in [0.1, 0.15) is 42.9 Å². The van der Waals surface area contributed by atoms with Crippen molar-refractivity contribution in [2.24, 2.45) is 5.92 Å². The molecular weight excluding hydrogens is 250 g/mol. The van der Waals surface area contributed by atoms with Gasteiger partial charge in [0.25, 0.3) is 5.91 Å². The van der Waals surface area contributed by atoms with Crippen LogP contribution in [0, 0.1) is 5.92 Å². The molecule has 0 aromatic carbocycles. The Hall–Kier alpha value is -1.03. The monoisotopic (exact) mass is 269 g/mol. The summed E-state index contributed by atoms with van der Waals surface area (Å²) in [4.78, 5) is 12.1. The number of carbonyl (C=O) groups excluding carboxylic acids is 1. The number of rotatable bonds is 6. The molecule has 1 amide bonds. The Labute approximate surface area is 113 Å². The van der Waals surface area contributed by atoms with E-state index in [9.17, 15) is 4.79 Å². The summed E-state index contributed by atoms with van der Waals surface area (Å²) in [6, 6.07) is 1.86. The maximum atomic E-state index is 12.1. The van der Waals surface area contributed by atoms with Crippen molar-refractivity contribution >= 4 is 17.5 Å². The van der Waals surface area contributed by atoms with E-state index in [-0.39, 0.29) is 11.3 Å². The molecule has 1 fully saturated rings. The molecule has 1 aromatic rings. The van der Waals surface area contributed by atoms with Gasteiger partial charge >= 0.3 is 0 Å². The van der Waals surface area contributed by atoms with Gasteiger partial charge in [0.05, 0.1) is 11.1 Å². The predicted molar refractivity (Wildman–Crippen MR) is 72.0 cm³/mol. The molecule has 5 heteroatoms. The average Bonchev–Trinajstić information content (AvgIpc) is 3.14. The highest BCUT2D eigenvalue weighted by molar-refractivity contribution is 6.21. The van der Waals surface area contributed by atoms with E-state index in [1.165, 1.54) is 12.8 Å². The van der Waals surface area contributed by atoms with E-state index in [0.717, 1.165) is 12.1 Å². The minimum atomic E-state index is -0.0737. The van der Waals surface area contributed by atoms with E-state index in [2.05, 4.69) is 10.4 Å². The third-order valence-electron chi connectivity index (χ3n) is 3.32. The van der Waals surface area contributed by atoms with Crippen molar-refractivity contribution in [3.63, 3.8) is 0 Å². The van der Waals surface area contributed by atoms with Gasteiger partial charge in [-0.05, 0) is 38.2 Å². The zero-order chi connectivity index (χ0) is 13.1. The molecule has 0 radical (unpaired) electrons. The Morgan fingerprint density at radius 1 is 1.61 bits per heavy atom. The van der Waals surface area contributed by atoms with Crippen molar-refractivity contribution in [3.05, 3.63) is 17.5 Å². The number of hydrogen-bond donors (Lipinski definition) is 1. The number of nitrogens with zero attached hydrogens (tertiary/aromatic N) is 2. The van der Waals surface area contributed by atoms with Crippen molar-refractivity contribution in [3.8, 4) is 0 Å². The van der Waals surface area contributed by atoms with E-state index in [4.69, 9.17) is 11.6 Å². The molecule has 1 aromatic heterocycles. The maximum absolute atomic E-state index is 12.1. The fraction of sp³-hybridized carbons (Fsp3) is 0.692. The van der Waals surface area contributed by atoms with Crippen LogP contribution in [0.15, 0.2) is 6.07 Å². The van der Waals surface area contributed by atoms with Gasteiger partial charge in [-0.25, -0.2) is 0 Å². The minimum absolute atomic E-state index is 0.0672. The first-order valence-electron chi connectivity index (χ1n) is 6.64. The van der Waals surface area contributed by atoms with Gasteiger partial charge in [0.1, 0.15) is 5.69 Å². The summed E-state index contributed by atoms with van der Waals surface area (Å²) in [6.07, 6.45) is 3.22. The summed E-state index contributed by atoms with van der Waals surface area (Å²) in [5.74, 6) is 0.518. The highest BCUT2D eigenvalue weighted by Gasteiger charge is 2.30. The van der Waals surface area contributed by atoms with Gasteiger partial charge in [-0.2, -0.15) is 5.10 Å². The van der Waals surface area contributed by atoms with E-state index >= 15 is 0 Å². The quantitative estimate of drug-likeness (QED) is 0.805. The third-order valence-corrected chi connectivity index (χ3v) is 3.83. The predicted octanol–water partition coefficient (Wildman–Crippen LogP) is 2.21. The van der Waals surface area contributed by atoms with Crippen LogP contribution in [-0.2, 0) is 13.0 Å². The molecule has 1 N–H and O–H groups in total. The van der Waals surface area contributed by atoms with Crippen LogP contribution >= 0.6 is 11.6 Å². The zero-order valence-electron chi connectivity index (χ0n) is 10.9. The number of hydrogen-bond acceptors (Lipinski definition) is 2. The summed E-state index contributed by atoms with van der Waals surface area (Å²) in [5, 5.41) is 7.33. The fourth-order valence-corrected chi connectivity index (χ4v) is 2.30. The summed E-state index contributed by atoms with van der Waals surface area (Å²) < 4.78 is 1.74. The van der Waals surface area contributed by atoms with Gasteiger partial charge in [0.2, 0.25) is 0 Å². The van der Waals surface area contributed by atoms with Gasteiger partial charge < -0.3 is 5.32 Å². The Morgan fingerprint density at radius 2 is 2.33 bits per heavy atom. The molecule has 0 aliphatic heterocycles. The van der Waals surface area contributed by atoms with Gasteiger partial charge in [0.15, 0.2) is 0 Å². The molecule has 1 aliphatic carbocycles. The first-order valence-corrected chi connectivity index (χ1v) is 7.08. The highest BCUT2D eigenvalue weighted by atomic mass is 35.5. The summed E-state index contributed by atoms with van der Waals surface area (Å²) in [7, 11) is 0. The van der Waals surface area contributed by atoms with Crippen molar-refractivity contribution in [1.82, 2.24) is 15.1 Å². The molecular formula is C13H20ClN3O. The summed E-state index contributed by atoms with van der Waals surface area (Å²) in [6.45, 7) is 5.26. The number of carbonyl (C=O) groups is 1. The van der Waals surface area contributed by atoms with Crippen molar-refractivity contribution in [1.29, 1.82) is 0 Å². The molecule has 1 aliphatic rings. The van der Waals surface area contributed by atoms with E-state index < -0.39 is 0 Å². The second-order valence-corrected chi connectivity index (χ2v) is 5.31. The van der Waals surface area contributed by atoms with Crippen LogP contribution in [0.25, 0.3) is 0 Å². The van der Waals surface area contributed by atoms with E-state index in [1.807, 2.05) is 19.9 Å². The van der Waals surface area contributed by atoms with Crippen LogP contribution in [-0.4, -0.2) is 27.6 Å². The lowest BCUT2D eigenvalue weighted by Gasteiger charge is -2.10. The summed E-state index contributed by atoms with van der Waals surface area (Å²) in [5.41, 5.74) is 1.58. The molecule has 4 nitrogen and oxygen atoms in total. The lowest BCUT2D eigenvalue weighted by Crippen LogP contribution is -2.32. The normalized spacial score (nSPS) is 16.6. The Morgan fingerprint density at radius 3 is 2.89 bits per heavy atom. The third kappa shape index (κ3) is 3.05. The Bertz CT molecular complexity index is 426. The second-order valence-electron chi connectivity index (χ2n) is 4.75. The zero-order valence-corrected chi connectivity index (χ0v) is 11.7. The van der Waals surface area contributed by atoms with Gasteiger partial charge in [-0.1, -0.05) is 6.92 Å². The second kappa shape index (κ2) is 5.74. The van der Waals surface area contributed by atoms with E-state index in [1.54, 1.807) is 4.68 Å². The topological polar surface area (TPSA) is 46.9 Å². The van der Waals surface area contributed by atoms with Gasteiger partial charge in [-0.15, -0.1) is 11.6 Å². The summed E-state index contributed by atoms with van der Waals surface area (Å²) >= 11 is 6.18. The molecule has 0 bridgehead atoms. The molecule has 1 saturated carbocycles. The van der Waals surface area contributed by atoms with Gasteiger partial charge in [-0.3, -0.25) is 9.48 Å². The Balaban J connectivity index is 1.96. The fourth-order valence-electron chi connectivity index (χ4n) is 1.97. The SMILES string of the molecule is CCc1cc(C(=O)NCC(Cl)C2CC2)n(CC)n1. The first-order chi connectivity index (χ1) is 8.65.